The second-order valence-electron chi connectivity index (χ2n) is 5.73. The quantitative estimate of drug-likeness (QED) is 0.478. The smallest absolute Gasteiger partial charge is 0.387 e. The fourth-order valence-electron chi connectivity index (χ4n) is 2.41. The molecule has 158 valence electrons. The summed E-state index contributed by atoms with van der Waals surface area (Å²) in [6.45, 7) is -3.00. The third-order valence-corrected chi connectivity index (χ3v) is 5.72. The highest BCUT2D eigenvalue weighted by Crippen LogP contribution is 2.24. The van der Waals surface area contributed by atoms with Gasteiger partial charge in [-0.25, -0.2) is 12.8 Å². The van der Waals surface area contributed by atoms with Crippen molar-refractivity contribution in [2.75, 3.05) is 19.3 Å². The van der Waals surface area contributed by atoms with Crippen LogP contribution < -0.4 is 15.4 Å². The summed E-state index contributed by atoms with van der Waals surface area (Å²) in [6.07, 6.45) is 0. The molecule has 0 aliphatic rings. The fraction of sp³-hybridized carbons (Fsp3) is 0.278. The van der Waals surface area contributed by atoms with Gasteiger partial charge in [0.15, 0.2) is 15.8 Å². The Morgan fingerprint density at radius 2 is 1.93 bits per heavy atom. The molecule has 0 amide bonds. The second kappa shape index (κ2) is 10.4. The van der Waals surface area contributed by atoms with Crippen LogP contribution in [0.25, 0.3) is 0 Å². The molecular formula is C18H19ClF3N3O3S. The molecule has 0 heterocycles. The lowest BCUT2D eigenvalue weighted by atomic mass is 10.2. The van der Waals surface area contributed by atoms with Crippen molar-refractivity contribution in [2.45, 2.75) is 18.1 Å². The first-order valence-electron chi connectivity index (χ1n) is 8.38. The Morgan fingerprint density at radius 1 is 1.21 bits per heavy atom. The van der Waals surface area contributed by atoms with E-state index in [1.165, 1.54) is 43.4 Å². The first-order valence-corrected chi connectivity index (χ1v) is 10.4. The minimum Gasteiger partial charge on any atom is -0.434 e. The zero-order chi connectivity index (χ0) is 21.4. The predicted molar refractivity (Wildman–Crippen MR) is 105 cm³/mol. The number of benzene rings is 2. The number of guanidine groups is 1. The van der Waals surface area contributed by atoms with Crippen LogP contribution in [0.3, 0.4) is 0 Å². The third-order valence-electron chi connectivity index (χ3n) is 3.74. The summed E-state index contributed by atoms with van der Waals surface area (Å²) < 4.78 is 67.7. The summed E-state index contributed by atoms with van der Waals surface area (Å²) in [7, 11) is -2.38. The van der Waals surface area contributed by atoms with Gasteiger partial charge in [0.25, 0.3) is 0 Å². The first-order chi connectivity index (χ1) is 13.7. The number of rotatable bonds is 8. The fourth-order valence-corrected chi connectivity index (χ4v) is 3.84. The van der Waals surface area contributed by atoms with E-state index in [1.54, 1.807) is 0 Å². The summed E-state index contributed by atoms with van der Waals surface area (Å²) in [5.74, 6) is -1.01. The molecule has 0 saturated carbocycles. The highest BCUT2D eigenvalue weighted by molar-refractivity contribution is 7.91. The van der Waals surface area contributed by atoms with Crippen molar-refractivity contribution in [3.8, 4) is 5.75 Å². The van der Waals surface area contributed by atoms with Gasteiger partial charge < -0.3 is 15.4 Å². The van der Waals surface area contributed by atoms with Crippen molar-refractivity contribution in [3.05, 3.63) is 58.9 Å². The maximum atomic E-state index is 13.7. The normalized spacial score (nSPS) is 12.1. The van der Waals surface area contributed by atoms with E-state index >= 15 is 0 Å². The number of hydrogen-bond donors (Lipinski definition) is 2. The maximum Gasteiger partial charge on any atom is 0.387 e. The average Bonchev–Trinajstić information content (AvgIpc) is 2.66. The van der Waals surface area contributed by atoms with Crippen LogP contribution in [0.1, 0.15) is 5.56 Å². The molecule has 2 rings (SSSR count). The van der Waals surface area contributed by atoms with Crippen molar-refractivity contribution in [3.63, 3.8) is 0 Å². The monoisotopic (exact) mass is 449 g/mol. The van der Waals surface area contributed by atoms with E-state index in [4.69, 9.17) is 11.6 Å². The molecule has 0 aliphatic carbocycles. The molecule has 2 N–H and O–H groups in total. The number of nitrogens with zero attached hydrogens (tertiary/aromatic N) is 1. The van der Waals surface area contributed by atoms with Gasteiger partial charge in [0.2, 0.25) is 0 Å². The molecule has 6 nitrogen and oxygen atoms in total. The molecule has 0 radical (unpaired) electrons. The molecule has 11 heteroatoms. The Bertz CT molecular complexity index is 972. The van der Waals surface area contributed by atoms with Crippen molar-refractivity contribution in [2.24, 2.45) is 4.99 Å². The molecule has 0 saturated heterocycles. The Labute approximate surface area is 171 Å². The van der Waals surface area contributed by atoms with Crippen molar-refractivity contribution < 1.29 is 26.3 Å². The van der Waals surface area contributed by atoms with Gasteiger partial charge in [0, 0.05) is 30.7 Å². The summed E-state index contributed by atoms with van der Waals surface area (Å²) in [5, 5.41) is 5.96. The molecule has 2 aromatic rings. The van der Waals surface area contributed by atoms with Gasteiger partial charge in [-0.1, -0.05) is 23.7 Å². The SMILES string of the molecule is CN=C(NCCS(=O)(=O)c1ccccc1F)NCc1cc(Cl)ccc1OC(F)F. The van der Waals surface area contributed by atoms with Gasteiger partial charge in [-0.2, -0.15) is 8.78 Å². The number of nitrogens with one attached hydrogen (secondary N) is 2. The lowest BCUT2D eigenvalue weighted by Gasteiger charge is -2.15. The van der Waals surface area contributed by atoms with E-state index in [1.807, 2.05) is 0 Å². The van der Waals surface area contributed by atoms with Gasteiger partial charge in [-0.15, -0.1) is 0 Å². The van der Waals surface area contributed by atoms with Crippen molar-refractivity contribution in [1.82, 2.24) is 10.6 Å². The molecule has 0 bridgehead atoms. The molecule has 0 aromatic heterocycles. The van der Waals surface area contributed by atoms with Crippen LogP contribution in [-0.2, 0) is 16.4 Å². The molecule has 29 heavy (non-hydrogen) atoms. The molecule has 2 aromatic carbocycles. The summed E-state index contributed by atoms with van der Waals surface area (Å²) in [5.41, 5.74) is 0.361. The molecule has 0 aliphatic heterocycles. The molecule has 0 atom stereocenters. The van der Waals surface area contributed by atoms with Crippen LogP contribution in [0, 0.1) is 5.82 Å². The molecular weight excluding hydrogens is 431 g/mol. The number of alkyl halides is 2. The minimum absolute atomic E-state index is 0.0440. The van der Waals surface area contributed by atoms with Crippen molar-refractivity contribution in [1.29, 1.82) is 0 Å². The molecule has 0 fully saturated rings. The first kappa shape index (κ1) is 22.8. The highest BCUT2D eigenvalue weighted by Gasteiger charge is 2.18. The summed E-state index contributed by atoms with van der Waals surface area (Å²) in [4.78, 5) is 3.55. The number of aliphatic imine (C=N–C) groups is 1. The Balaban J connectivity index is 1.95. The Kier molecular flexibility index (Phi) is 8.15. The van der Waals surface area contributed by atoms with Gasteiger partial charge in [0.1, 0.15) is 16.5 Å². The number of halogens is 4. The third kappa shape index (κ3) is 6.82. The Morgan fingerprint density at radius 3 is 2.59 bits per heavy atom. The van der Waals surface area contributed by atoms with E-state index in [-0.39, 0.29) is 35.4 Å². The van der Waals surface area contributed by atoms with Crippen LogP contribution in [0.15, 0.2) is 52.4 Å². The maximum absolute atomic E-state index is 13.7. The van der Waals surface area contributed by atoms with Gasteiger partial charge >= 0.3 is 6.61 Å². The summed E-state index contributed by atoms with van der Waals surface area (Å²) >= 11 is 5.89. The Hall–Kier alpha value is -2.46. The van der Waals surface area contributed by atoms with Gasteiger partial charge in [-0.05, 0) is 30.3 Å². The van der Waals surface area contributed by atoms with E-state index in [0.29, 0.717) is 10.6 Å². The van der Waals surface area contributed by atoms with Crippen LogP contribution in [0.4, 0.5) is 13.2 Å². The standard InChI is InChI=1S/C18H19ClF3N3O3S/c1-23-18(24-8-9-29(26,27)16-5-3-2-4-14(16)20)25-11-12-10-13(19)6-7-15(12)28-17(21)22/h2-7,10,17H,8-9,11H2,1H3,(H2,23,24,25). The van der Waals surface area contributed by atoms with Crippen LogP contribution in [-0.4, -0.2) is 40.3 Å². The van der Waals surface area contributed by atoms with E-state index < -0.39 is 22.3 Å². The topological polar surface area (TPSA) is 79.8 Å². The van der Waals surface area contributed by atoms with E-state index in [0.717, 1.165) is 6.07 Å². The van der Waals surface area contributed by atoms with Crippen molar-refractivity contribution >= 4 is 27.4 Å². The molecule has 0 unspecified atom stereocenters. The second-order valence-corrected chi connectivity index (χ2v) is 8.25. The van der Waals surface area contributed by atoms with Crippen LogP contribution in [0.5, 0.6) is 5.75 Å². The average molecular weight is 450 g/mol. The van der Waals surface area contributed by atoms with Gasteiger partial charge in [-0.3, -0.25) is 4.99 Å². The highest BCUT2D eigenvalue weighted by atomic mass is 35.5. The largest absolute Gasteiger partial charge is 0.434 e. The van der Waals surface area contributed by atoms with Crippen LogP contribution in [0.2, 0.25) is 5.02 Å². The lowest BCUT2D eigenvalue weighted by molar-refractivity contribution is -0.0504. The number of sulfone groups is 1. The zero-order valence-corrected chi connectivity index (χ0v) is 16.9. The summed E-state index contributed by atoms with van der Waals surface area (Å²) in [6, 6.07) is 9.31. The predicted octanol–water partition coefficient (Wildman–Crippen LogP) is 3.22. The van der Waals surface area contributed by atoms with Crippen LogP contribution >= 0.6 is 11.6 Å². The molecule has 0 spiro atoms. The van der Waals surface area contributed by atoms with E-state index in [9.17, 15) is 21.6 Å². The van der Waals surface area contributed by atoms with E-state index in [2.05, 4.69) is 20.4 Å². The number of ether oxygens (including phenoxy) is 1. The van der Waals surface area contributed by atoms with Gasteiger partial charge in [0.05, 0.1) is 5.75 Å². The number of hydrogen-bond acceptors (Lipinski definition) is 4. The minimum atomic E-state index is -3.83. The lowest BCUT2D eigenvalue weighted by Crippen LogP contribution is -2.39. The zero-order valence-electron chi connectivity index (χ0n) is 15.3.